The van der Waals surface area contributed by atoms with Gasteiger partial charge in [0.25, 0.3) is 0 Å². The van der Waals surface area contributed by atoms with Crippen molar-refractivity contribution in [3.8, 4) is 11.9 Å². The predicted octanol–water partition coefficient (Wildman–Crippen LogP) is 3.64. The maximum absolute atomic E-state index is 9.53. The quantitative estimate of drug-likeness (QED) is 0.833. The van der Waals surface area contributed by atoms with E-state index < -0.39 is 0 Å². The van der Waals surface area contributed by atoms with E-state index in [0.29, 0.717) is 15.8 Å². The molecule has 0 aromatic carbocycles. The van der Waals surface area contributed by atoms with E-state index in [1.54, 1.807) is 0 Å². The summed E-state index contributed by atoms with van der Waals surface area (Å²) in [6, 6.07) is 5.90. The highest BCUT2D eigenvalue weighted by molar-refractivity contribution is 7.16. The third-order valence-electron chi connectivity index (χ3n) is 3.57. The summed E-state index contributed by atoms with van der Waals surface area (Å²) in [7, 11) is 0. The number of rotatable bonds is 1. The SMILES string of the molecule is CC(C)(C)c1[nH]nc2c1[C@H](c1ccc(Cl)s1)C(C#N)=C(N)O2. The van der Waals surface area contributed by atoms with Crippen molar-refractivity contribution >= 4 is 22.9 Å². The molecule has 0 aliphatic carbocycles. The highest BCUT2D eigenvalue weighted by Crippen LogP contribution is 2.47. The van der Waals surface area contributed by atoms with Gasteiger partial charge in [-0.15, -0.1) is 16.4 Å². The van der Waals surface area contributed by atoms with E-state index in [-0.39, 0.29) is 17.2 Å². The molecule has 0 fully saturated rings. The van der Waals surface area contributed by atoms with E-state index in [0.717, 1.165) is 16.1 Å². The van der Waals surface area contributed by atoms with Gasteiger partial charge >= 0.3 is 0 Å². The second-order valence-corrected chi connectivity index (χ2v) is 7.88. The minimum absolute atomic E-state index is 0.0940. The average Bonchev–Trinajstić information content (AvgIpc) is 3.02. The minimum atomic E-state index is -0.306. The molecule has 3 N–H and O–H groups in total. The maximum atomic E-state index is 9.53. The van der Waals surface area contributed by atoms with Gasteiger partial charge in [-0.2, -0.15) is 5.26 Å². The van der Waals surface area contributed by atoms with Crippen LogP contribution in [0.1, 0.15) is 42.8 Å². The molecule has 7 heteroatoms. The van der Waals surface area contributed by atoms with Crippen LogP contribution in [0.15, 0.2) is 23.6 Å². The second-order valence-electron chi connectivity index (χ2n) is 6.13. The molecule has 2 aromatic heterocycles. The van der Waals surface area contributed by atoms with Gasteiger partial charge < -0.3 is 10.5 Å². The molecular formula is C15H15ClN4OS. The number of ether oxygens (including phenoxy) is 1. The van der Waals surface area contributed by atoms with Crippen molar-refractivity contribution in [2.24, 2.45) is 5.73 Å². The van der Waals surface area contributed by atoms with E-state index in [4.69, 9.17) is 22.1 Å². The second kappa shape index (κ2) is 5.04. The van der Waals surface area contributed by atoms with Crippen LogP contribution in [-0.2, 0) is 5.41 Å². The Hall–Kier alpha value is -1.97. The fraction of sp³-hybridized carbons (Fsp3) is 0.333. The molecule has 5 nitrogen and oxygen atoms in total. The number of hydrogen-bond acceptors (Lipinski definition) is 5. The smallest absolute Gasteiger partial charge is 0.244 e. The molecule has 0 saturated carbocycles. The highest BCUT2D eigenvalue weighted by atomic mass is 35.5. The van der Waals surface area contributed by atoms with Crippen LogP contribution >= 0.6 is 22.9 Å². The van der Waals surface area contributed by atoms with E-state index >= 15 is 0 Å². The van der Waals surface area contributed by atoms with Gasteiger partial charge in [-0.1, -0.05) is 32.4 Å². The van der Waals surface area contributed by atoms with E-state index in [9.17, 15) is 5.26 Å². The number of thiophene rings is 1. The lowest BCUT2D eigenvalue weighted by molar-refractivity contribution is 0.378. The van der Waals surface area contributed by atoms with Gasteiger partial charge in [-0.05, 0) is 12.1 Å². The van der Waals surface area contributed by atoms with Gasteiger partial charge in [0.2, 0.25) is 11.8 Å². The molecular weight excluding hydrogens is 320 g/mol. The Balaban J connectivity index is 2.27. The first-order valence-electron chi connectivity index (χ1n) is 6.74. The molecule has 3 rings (SSSR count). The maximum Gasteiger partial charge on any atom is 0.244 e. The van der Waals surface area contributed by atoms with Crippen LogP contribution in [0.5, 0.6) is 5.88 Å². The average molecular weight is 335 g/mol. The van der Waals surface area contributed by atoms with Crippen LogP contribution in [0.2, 0.25) is 4.34 Å². The number of nitrogens with two attached hydrogens (primary N) is 1. The van der Waals surface area contributed by atoms with Crippen molar-refractivity contribution in [1.29, 1.82) is 5.26 Å². The van der Waals surface area contributed by atoms with Crippen molar-refractivity contribution < 1.29 is 4.74 Å². The molecule has 114 valence electrons. The Morgan fingerprint density at radius 1 is 1.45 bits per heavy atom. The Morgan fingerprint density at radius 3 is 2.73 bits per heavy atom. The number of halogens is 1. The fourth-order valence-electron chi connectivity index (χ4n) is 2.58. The van der Waals surface area contributed by atoms with Crippen LogP contribution in [0.4, 0.5) is 0 Å². The summed E-state index contributed by atoms with van der Waals surface area (Å²) < 4.78 is 6.20. The zero-order chi connectivity index (χ0) is 16.1. The summed E-state index contributed by atoms with van der Waals surface area (Å²) in [6.45, 7) is 6.23. The molecule has 0 amide bonds. The number of H-pyrrole nitrogens is 1. The molecule has 22 heavy (non-hydrogen) atoms. The van der Waals surface area contributed by atoms with Gasteiger partial charge in [-0.3, -0.25) is 5.10 Å². The van der Waals surface area contributed by atoms with Gasteiger partial charge in [-0.25, -0.2) is 0 Å². The summed E-state index contributed by atoms with van der Waals surface area (Å²) in [5.41, 5.74) is 7.91. The zero-order valence-electron chi connectivity index (χ0n) is 12.4. The molecule has 0 radical (unpaired) electrons. The minimum Gasteiger partial charge on any atom is -0.420 e. The molecule has 1 aliphatic heterocycles. The molecule has 2 aromatic rings. The highest BCUT2D eigenvalue weighted by Gasteiger charge is 2.38. The van der Waals surface area contributed by atoms with Crippen molar-refractivity contribution in [1.82, 2.24) is 10.2 Å². The summed E-state index contributed by atoms with van der Waals surface area (Å²) >= 11 is 7.50. The Morgan fingerprint density at radius 2 is 2.18 bits per heavy atom. The van der Waals surface area contributed by atoms with Crippen LogP contribution in [0.3, 0.4) is 0 Å². The number of aromatic amines is 1. The van der Waals surface area contributed by atoms with Gasteiger partial charge in [0, 0.05) is 16.0 Å². The standard InChI is InChI=1S/C15H15ClN4OS/c1-15(2,3)12-11-10(8-4-5-9(16)22-8)7(6-17)13(18)21-14(11)20-19-12/h4-5,10H,18H2,1-3H3,(H,19,20)/t10-/m0/s1. The van der Waals surface area contributed by atoms with Gasteiger partial charge in [0.15, 0.2) is 0 Å². The number of nitrogens with zero attached hydrogens (tertiary/aromatic N) is 2. The summed E-state index contributed by atoms with van der Waals surface area (Å²) in [5, 5.41) is 16.8. The summed E-state index contributed by atoms with van der Waals surface area (Å²) in [6.07, 6.45) is 0. The third-order valence-corrected chi connectivity index (χ3v) is 4.86. The largest absolute Gasteiger partial charge is 0.420 e. The Kier molecular flexibility index (Phi) is 3.42. The molecule has 1 atom stereocenters. The van der Waals surface area contributed by atoms with E-state index in [2.05, 4.69) is 37.0 Å². The van der Waals surface area contributed by atoms with E-state index in [1.165, 1.54) is 11.3 Å². The summed E-state index contributed by atoms with van der Waals surface area (Å²) in [4.78, 5) is 0.945. The monoisotopic (exact) mass is 334 g/mol. The third kappa shape index (κ3) is 2.27. The topological polar surface area (TPSA) is 87.7 Å². The molecule has 0 saturated heterocycles. The number of nitriles is 1. The Bertz CT molecular complexity index is 806. The fourth-order valence-corrected chi connectivity index (χ4v) is 3.77. The number of fused-ring (bicyclic) bond motifs is 1. The number of nitrogens with one attached hydrogen (secondary N) is 1. The first kappa shape index (κ1) is 14.9. The molecule has 1 aliphatic rings. The molecule has 3 heterocycles. The number of aromatic nitrogens is 2. The van der Waals surface area contributed by atoms with Crippen molar-refractivity contribution in [2.45, 2.75) is 32.1 Å². The zero-order valence-corrected chi connectivity index (χ0v) is 14.0. The van der Waals surface area contributed by atoms with Crippen molar-refractivity contribution in [2.75, 3.05) is 0 Å². The lowest BCUT2D eigenvalue weighted by Crippen LogP contribution is -2.23. The lowest BCUT2D eigenvalue weighted by atomic mass is 9.81. The predicted molar refractivity (Wildman–Crippen MR) is 85.9 cm³/mol. The molecule has 0 unspecified atom stereocenters. The van der Waals surface area contributed by atoms with Gasteiger partial charge in [0.05, 0.1) is 15.8 Å². The van der Waals surface area contributed by atoms with Crippen LogP contribution in [0.25, 0.3) is 0 Å². The molecule has 0 spiro atoms. The van der Waals surface area contributed by atoms with Crippen LogP contribution < -0.4 is 10.5 Å². The van der Waals surface area contributed by atoms with Crippen LogP contribution in [-0.4, -0.2) is 10.2 Å². The normalized spacial score (nSPS) is 17.9. The Labute approximate surface area is 137 Å². The summed E-state index contributed by atoms with van der Waals surface area (Å²) in [5.74, 6) is 0.214. The first-order chi connectivity index (χ1) is 10.3. The van der Waals surface area contributed by atoms with Crippen LogP contribution in [0, 0.1) is 11.3 Å². The molecule has 0 bridgehead atoms. The van der Waals surface area contributed by atoms with Crippen molar-refractivity contribution in [3.05, 3.63) is 44.1 Å². The van der Waals surface area contributed by atoms with E-state index in [1.807, 2.05) is 12.1 Å². The number of allylic oxidation sites excluding steroid dienone is 1. The lowest BCUT2D eigenvalue weighted by Gasteiger charge is -2.26. The first-order valence-corrected chi connectivity index (χ1v) is 7.94. The van der Waals surface area contributed by atoms with Crippen molar-refractivity contribution in [3.63, 3.8) is 0 Å². The van der Waals surface area contributed by atoms with Gasteiger partial charge in [0.1, 0.15) is 11.6 Å². The number of hydrogen-bond donors (Lipinski definition) is 2.